The summed E-state index contributed by atoms with van der Waals surface area (Å²) in [5.41, 5.74) is 0. The summed E-state index contributed by atoms with van der Waals surface area (Å²) in [6, 6.07) is 0. The molecule has 1 aliphatic carbocycles. The summed E-state index contributed by atoms with van der Waals surface area (Å²) in [4.78, 5) is 0. The summed E-state index contributed by atoms with van der Waals surface area (Å²) in [6.45, 7) is 8.73. The summed E-state index contributed by atoms with van der Waals surface area (Å²) in [5.74, 6) is 1.80. The molecular weight excluding hydrogens is 246 g/mol. The van der Waals surface area contributed by atoms with Crippen molar-refractivity contribution in [2.45, 2.75) is 51.7 Å². The van der Waals surface area contributed by atoms with E-state index < -0.39 is 9.84 Å². The Morgan fingerprint density at radius 1 is 1.28 bits per heavy atom. The number of hydrogen-bond donors (Lipinski definition) is 1. The second kappa shape index (κ2) is 6.90. The van der Waals surface area contributed by atoms with Crippen molar-refractivity contribution in [3.63, 3.8) is 0 Å². The molecule has 0 aliphatic heterocycles. The Balaban J connectivity index is 2.55. The molecule has 0 radical (unpaired) electrons. The van der Waals surface area contributed by atoms with Gasteiger partial charge in [0, 0.05) is 6.26 Å². The Kier molecular flexibility index (Phi) is 6.12. The van der Waals surface area contributed by atoms with Gasteiger partial charge in [-0.25, -0.2) is 8.42 Å². The third-order valence-electron chi connectivity index (χ3n) is 4.63. The molecule has 0 aromatic rings. The van der Waals surface area contributed by atoms with Crippen LogP contribution in [0.25, 0.3) is 0 Å². The second-order valence-corrected chi connectivity index (χ2v) is 8.35. The first-order valence-corrected chi connectivity index (χ1v) is 9.21. The van der Waals surface area contributed by atoms with E-state index in [1.54, 1.807) is 0 Å². The Morgan fingerprint density at radius 3 is 2.50 bits per heavy atom. The molecule has 4 unspecified atom stereocenters. The van der Waals surface area contributed by atoms with E-state index in [2.05, 4.69) is 26.1 Å². The van der Waals surface area contributed by atoms with Crippen LogP contribution in [-0.4, -0.2) is 33.0 Å². The minimum atomic E-state index is -2.85. The molecule has 18 heavy (non-hydrogen) atoms. The van der Waals surface area contributed by atoms with Gasteiger partial charge in [0.25, 0.3) is 0 Å². The Hall–Kier alpha value is -0.0900. The van der Waals surface area contributed by atoms with Crippen molar-refractivity contribution in [2.75, 3.05) is 19.3 Å². The smallest absolute Gasteiger partial charge is 0.150 e. The summed E-state index contributed by atoms with van der Waals surface area (Å²) in [7, 11) is -2.85. The van der Waals surface area contributed by atoms with Gasteiger partial charge in [-0.15, -0.1) is 0 Å². The fraction of sp³-hybridized carbons (Fsp3) is 1.00. The molecular formula is C14H29NO2S. The lowest BCUT2D eigenvalue weighted by Crippen LogP contribution is -2.34. The van der Waals surface area contributed by atoms with Gasteiger partial charge in [0.05, 0.1) is 5.25 Å². The molecule has 0 bridgehead atoms. The van der Waals surface area contributed by atoms with Crippen LogP contribution < -0.4 is 5.32 Å². The molecule has 1 fully saturated rings. The van der Waals surface area contributed by atoms with E-state index in [9.17, 15) is 8.42 Å². The number of hydrogen-bond acceptors (Lipinski definition) is 3. The molecule has 3 nitrogen and oxygen atoms in total. The van der Waals surface area contributed by atoms with Crippen LogP contribution in [0.2, 0.25) is 0 Å². The minimum Gasteiger partial charge on any atom is -0.317 e. The van der Waals surface area contributed by atoms with Gasteiger partial charge in [-0.05, 0) is 43.7 Å². The zero-order chi connectivity index (χ0) is 13.8. The fourth-order valence-electron chi connectivity index (χ4n) is 3.07. The van der Waals surface area contributed by atoms with Gasteiger partial charge in [0.2, 0.25) is 0 Å². The van der Waals surface area contributed by atoms with Crippen molar-refractivity contribution >= 4 is 9.84 Å². The van der Waals surface area contributed by atoms with Crippen LogP contribution in [0.15, 0.2) is 0 Å². The van der Waals surface area contributed by atoms with Gasteiger partial charge in [-0.3, -0.25) is 0 Å². The molecule has 1 rings (SSSR count). The van der Waals surface area contributed by atoms with Crippen LogP contribution >= 0.6 is 0 Å². The van der Waals surface area contributed by atoms with Gasteiger partial charge in [0.15, 0.2) is 0 Å². The van der Waals surface area contributed by atoms with Gasteiger partial charge in [0.1, 0.15) is 9.84 Å². The normalized spacial score (nSPS) is 28.9. The Bertz CT molecular complexity index is 340. The average molecular weight is 275 g/mol. The molecule has 108 valence electrons. The molecule has 0 amide bonds. The topological polar surface area (TPSA) is 46.2 Å². The van der Waals surface area contributed by atoms with Gasteiger partial charge in [-0.1, -0.05) is 33.6 Å². The summed E-state index contributed by atoms with van der Waals surface area (Å²) in [5, 5.41) is 3.30. The predicted molar refractivity (Wildman–Crippen MR) is 77.5 cm³/mol. The zero-order valence-corrected chi connectivity index (χ0v) is 13.1. The summed E-state index contributed by atoms with van der Waals surface area (Å²) in [6.07, 6.45) is 5.40. The van der Waals surface area contributed by atoms with E-state index in [0.717, 1.165) is 32.4 Å². The highest BCUT2D eigenvalue weighted by atomic mass is 32.2. The second-order valence-electron chi connectivity index (χ2n) is 6.02. The van der Waals surface area contributed by atoms with Crippen molar-refractivity contribution in [3.8, 4) is 0 Å². The van der Waals surface area contributed by atoms with Crippen molar-refractivity contribution in [1.82, 2.24) is 5.32 Å². The van der Waals surface area contributed by atoms with Crippen molar-refractivity contribution in [2.24, 2.45) is 17.8 Å². The first-order chi connectivity index (χ1) is 8.36. The maximum absolute atomic E-state index is 11.7. The Labute approximate surface area is 113 Å². The molecule has 4 atom stereocenters. The molecule has 1 N–H and O–H groups in total. The lowest BCUT2D eigenvalue weighted by atomic mass is 9.75. The maximum atomic E-state index is 11.7. The number of nitrogens with one attached hydrogen (secondary N) is 1. The lowest BCUT2D eigenvalue weighted by Gasteiger charge is -2.35. The van der Waals surface area contributed by atoms with Crippen LogP contribution in [0.1, 0.15) is 46.5 Å². The highest BCUT2D eigenvalue weighted by Gasteiger charge is 2.32. The van der Waals surface area contributed by atoms with E-state index in [4.69, 9.17) is 0 Å². The van der Waals surface area contributed by atoms with Crippen molar-refractivity contribution in [3.05, 3.63) is 0 Å². The van der Waals surface area contributed by atoms with Gasteiger partial charge < -0.3 is 5.32 Å². The van der Waals surface area contributed by atoms with Crippen molar-refractivity contribution in [1.29, 1.82) is 0 Å². The standard InChI is InChI=1S/C14H29NO2S/c1-5-15-10-11(2)12(3)13-7-6-8-14(9-13)18(4,16)17/h11-15H,5-10H2,1-4H3. The third kappa shape index (κ3) is 4.54. The lowest BCUT2D eigenvalue weighted by molar-refractivity contribution is 0.202. The largest absolute Gasteiger partial charge is 0.317 e. The van der Waals surface area contributed by atoms with Crippen LogP contribution in [-0.2, 0) is 9.84 Å². The van der Waals surface area contributed by atoms with Crippen LogP contribution in [0.3, 0.4) is 0 Å². The predicted octanol–water partition coefficient (Wildman–Crippen LogP) is 2.47. The minimum absolute atomic E-state index is 0.0926. The van der Waals surface area contributed by atoms with E-state index >= 15 is 0 Å². The number of sulfone groups is 1. The van der Waals surface area contributed by atoms with Crippen LogP contribution in [0.4, 0.5) is 0 Å². The van der Waals surface area contributed by atoms with E-state index in [-0.39, 0.29) is 5.25 Å². The summed E-state index contributed by atoms with van der Waals surface area (Å²) < 4.78 is 23.4. The molecule has 1 saturated carbocycles. The fourth-order valence-corrected chi connectivity index (χ4v) is 4.26. The number of rotatable bonds is 6. The van der Waals surface area contributed by atoms with E-state index in [1.165, 1.54) is 12.7 Å². The highest BCUT2D eigenvalue weighted by molar-refractivity contribution is 7.91. The molecule has 0 heterocycles. The monoisotopic (exact) mass is 275 g/mol. The van der Waals surface area contributed by atoms with Gasteiger partial charge in [-0.2, -0.15) is 0 Å². The average Bonchev–Trinajstić information content (AvgIpc) is 2.34. The molecule has 0 aromatic heterocycles. The molecule has 0 saturated heterocycles. The first-order valence-electron chi connectivity index (χ1n) is 7.25. The Morgan fingerprint density at radius 2 is 1.94 bits per heavy atom. The quantitative estimate of drug-likeness (QED) is 0.810. The van der Waals surface area contributed by atoms with Crippen molar-refractivity contribution < 1.29 is 8.42 Å². The highest BCUT2D eigenvalue weighted by Crippen LogP contribution is 2.36. The van der Waals surface area contributed by atoms with Crippen LogP contribution in [0, 0.1) is 17.8 Å². The van der Waals surface area contributed by atoms with E-state index in [1.807, 2.05) is 0 Å². The molecule has 1 aliphatic rings. The maximum Gasteiger partial charge on any atom is 0.150 e. The zero-order valence-electron chi connectivity index (χ0n) is 12.3. The molecule has 0 spiro atoms. The molecule has 0 aromatic carbocycles. The van der Waals surface area contributed by atoms with Crippen LogP contribution in [0.5, 0.6) is 0 Å². The van der Waals surface area contributed by atoms with E-state index in [0.29, 0.717) is 17.8 Å². The molecule has 4 heteroatoms. The van der Waals surface area contributed by atoms with Gasteiger partial charge >= 0.3 is 0 Å². The first kappa shape index (κ1) is 16.0. The SMILES string of the molecule is CCNCC(C)C(C)C1CCCC(S(C)(=O)=O)C1. The summed E-state index contributed by atoms with van der Waals surface area (Å²) >= 11 is 0. The third-order valence-corrected chi connectivity index (χ3v) is 6.27.